The van der Waals surface area contributed by atoms with E-state index < -0.39 is 17.8 Å². The van der Waals surface area contributed by atoms with E-state index in [4.69, 9.17) is 4.74 Å². The van der Waals surface area contributed by atoms with Crippen LogP contribution in [0.25, 0.3) is 0 Å². The van der Waals surface area contributed by atoms with Crippen LogP contribution in [0.4, 0.5) is 13.2 Å². The lowest BCUT2D eigenvalue weighted by atomic mass is 10.2. The molecule has 2 N–H and O–H groups in total. The van der Waals surface area contributed by atoms with Gasteiger partial charge in [-0.2, -0.15) is 18.3 Å². The van der Waals surface area contributed by atoms with Gasteiger partial charge >= 0.3 is 6.18 Å². The SMILES string of the molecule is Cc1cnn(CCNCC(O)COc2cccc(C(F)(F)F)c2)c1. The number of halogens is 3. The smallest absolute Gasteiger partial charge is 0.416 e. The van der Waals surface area contributed by atoms with E-state index in [9.17, 15) is 18.3 Å². The number of hydrogen-bond acceptors (Lipinski definition) is 4. The minimum absolute atomic E-state index is 0.0795. The van der Waals surface area contributed by atoms with Crippen molar-refractivity contribution in [3.05, 3.63) is 47.8 Å². The zero-order valence-corrected chi connectivity index (χ0v) is 13.3. The maximum Gasteiger partial charge on any atom is 0.416 e. The first-order valence-corrected chi connectivity index (χ1v) is 7.52. The van der Waals surface area contributed by atoms with Gasteiger partial charge < -0.3 is 15.2 Å². The van der Waals surface area contributed by atoms with Gasteiger partial charge in [-0.3, -0.25) is 4.68 Å². The molecule has 0 saturated carbocycles. The van der Waals surface area contributed by atoms with Crippen LogP contribution in [0.5, 0.6) is 5.75 Å². The van der Waals surface area contributed by atoms with Crippen LogP contribution >= 0.6 is 0 Å². The second-order valence-corrected chi connectivity index (χ2v) is 5.48. The lowest BCUT2D eigenvalue weighted by Gasteiger charge is -2.14. The zero-order chi connectivity index (χ0) is 17.6. The predicted molar refractivity (Wildman–Crippen MR) is 82.8 cm³/mol. The molecule has 0 fully saturated rings. The Morgan fingerprint density at radius 3 is 2.83 bits per heavy atom. The second-order valence-electron chi connectivity index (χ2n) is 5.48. The highest BCUT2D eigenvalue weighted by Gasteiger charge is 2.30. The average Bonchev–Trinajstić information content (AvgIpc) is 2.94. The highest BCUT2D eigenvalue weighted by atomic mass is 19.4. The molecule has 1 aromatic carbocycles. The lowest BCUT2D eigenvalue weighted by Crippen LogP contribution is -2.33. The zero-order valence-electron chi connectivity index (χ0n) is 13.3. The summed E-state index contributed by atoms with van der Waals surface area (Å²) >= 11 is 0. The molecule has 0 bridgehead atoms. The van der Waals surface area contributed by atoms with Crippen molar-refractivity contribution in [2.75, 3.05) is 19.7 Å². The monoisotopic (exact) mass is 343 g/mol. The van der Waals surface area contributed by atoms with Crippen molar-refractivity contribution in [3.63, 3.8) is 0 Å². The molecule has 8 heteroatoms. The maximum atomic E-state index is 12.6. The molecule has 1 atom stereocenters. The Balaban J connectivity index is 1.68. The Kier molecular flexibility index (Phi) is 6.22. The van der Waals surface area contributed by atoms with E-state index in [1.165, 1.54) is 12.1 Å². The van der Waals surface area contributed by atoms with Crippen molar-refractivity contribution in [3.8, 4) is 5.75 Å². The van der Waals surface area contributed by atoms with E-state index >= 15 is 0 Å². The van der Waals surface area contributed by atoms with Crippen LogP contribution in [0.3, 0.4) is 0 Å². The second kappa shape index (κ2) is 8.16. The normalized spacial score (nSPS) is 13.0. The third-order valence-corrected chi connectivity index (χ3v) is 3.26. The number of rotatable bonds is 8. The fraction of sp³-hybridized carbons (Fsp3) is 0.438. The Labute approximate surface area is 138 Å². The standard InChI is InChI=1S/C16H20F3N3O2/c1-12-8-21-22(10-12)6-5-20-9-14(23)11-24-15-4-2-3-13(7-15)16(17,18)19/h2-4,7-8,10,14,20,23H,5-6,9,11H2,1H3. The summed E-state index contributed by atoms with van der Waals surface area (Å²) in [5, 5.41) is 17.0. The third-order valence-electron chi connectivity index (χ3n) is 3.26. The molecule has 0 spiro atoms. The van der Waals surface area contributed by atoms with Gasteiger partial charge in [0.15, 0.2) is 0 Å². The van der Waals surface area contributed by atoms with Crippen LogP contribution in [0.15, 0.2) is 36.7 Å². The molecule has 2 aromatic rings. The molecule has 1 heterocycles. The number of aromatic nitrogens is 2. The summed E-state index contributed by atoms with van der Waals surface area (Å²) in [5.41, 5.74) is 0.298. The molecule has 1 unspecified atom stereocenters. The van der Waals surface area contributed by atoms with Crippen molar-refractivity contribution in [1.82, 2.24) is 15.1 Å². The van der Waals surface area contributed by atoms with Gasteiger partial charge in [0.2, 0.25) is 0 Å². The van der Waals surface area contributed by atoms with Crippen molar-refractivity contribution >= 4 is 0 Å². The highest BCUT2D eigenvalue weighted by molar-refractivity contribution is 5.30. The Hall–Kier alpha value is -2.06. The van der Waals surface area contributed by atoms with Gasteiger partial charge in [0.05, 0.1) is 18.3 Å². The lowest BCUT2D eigenvalue weighted by molar-refractivity contribution is -0.137. The fourth-order valence-electron chi connectivity index (χ4n) is 2.07. The van der Waals surface area contributed by atoms with E-state index in [1.807, 2.05) is 13.1 Å². The Morgan fingerprint density at radius 1 is 1.38 bits per heavy atom. The minimum Gasteiger partial charge on any atom is -0.491 e. The number of aliphatic hydroxyl groups excluding tert-OH is 1. The number of aryl methyl sites for hydroxylation is 1. The van der Waals surface area contributed by atoms with Crippen LogP contribution in [0, 0.1) is 6.92 Å². The van der Waals surface area contributed by atoms with Crippen LogP contribution in [0.2, 0.25) is 0 Å². The van der Waals surface area contributed by atoms with Gasteiger partial charge in [0.1, 0.15) is 18.5 Å². The van der Waals surface area contributed by atoms with E-state index in [-0.39, 0.29) is 18.9 Å². The molecule has 0 aliphatic rings. The quantitative estimate of drug-likeness (QED) is 0.722. The number of aliphatic hydroxyl groups is 1. The summed E-state index contributed by atoms with van der Waals surface area (Å²) in [5.74, 6) is 0.0795. The summed E-state index contributed by atoms with van der Waals surface area (Å²) in [6.45, 7) is 3.41. The molecule has 132 valence electrons. The van der Waals surface area contributed by atoms with Gasteiger partial charge in [0, 0.05) is 19.3 Å². The third kappa shape index (κ3) is 5.86. The predicted octanol–water partition coefficient (Wildman–Crippen LogP) is 2.24. The fourth-order valence-corrected chi connectivity index (χ4v) is 2.07. The molecule has 0 aliphatic carbocycles. The van der Waals surface area contributed by atoms with Crippen molar-refractivity contribution in [2.24, 2.45) is 0 Å². The molecule has 0 saturated heterocycles. The van der Waals surface area contributed by atoms with Gasteiger partial charge in [-0.1, -0.05) is 6.07 Å². The number of nitrogens with zero attached hydrogens (tertiary/aromatic N) is 2. The largest absolute Gasteiger partial charge is 0.491 e. The molecule has 0 amide bonds. The van der Waals surface area contributed by atoms with E-state index in [1.54, 1.807) is 10.9 Å². The molecule has 0 aliphatic heterocycles. The van der Waals surface area contributed by atoms with E-state index in [2.05, 4.69) is 10.4 Å². The summed E-state index contributed by atoms with van der Waals surface area (Å²) in [4.78, 5) is 0. The summed E-state index contributed by atoms with van der Waals surface area (Å²) in [7, 11) is 0. The van der Waals surface area contributed by atoms with Crippen LogP contribution in [-0.2, 0) is 12.7 Å². The molecule has 2 rings (SSSR count). The summed E-state index contributed by atoms with van der Waals surface area (Å²) in [6.07, 6.45) is -1.56. The van der Waals surface area contributed by atoms with Crippen LogP contribution in [0.1, 0.15) is 11.1 Å². The first kappa shape index (κ1) is 18.3. The molecular weight excluding hydrogens is 323 g/mol. The van der Waals surface area contributed by atoms with Crippen molar-refractivity contribution < 1.29 is 23.0 Å². The molecular formula is C16H20F3N3O2. The van der Waals surface area contributed by atoms with Gasteiger partial charge in [0.25, 0.3) is 0 Å². The molecule has 24 heavy (non-hydrogen) atoms. The van der Waals surface area contributed by atoms with Gasteiger partial charge in [-0.15, -0.1) is 0 Å². The van der Waals surface area contributed by atoms with Gasteiger partial charge in [-0.05, 0) is 30.7 Å². The number of alkyl halides is 3. The maximum absolute atomic E-state index is 12.6. The number of nitrogens with one attached hydrogen (secondary N) is 1. The number of hydrogen-bond donors (Lipinski definition) is 2. The first-order valence-electron chi connectivity index (χ1n) is 7.52. The molecule has 5 nitrogen and oxygen atoms in total. The average molecular weight is 343 g/mol. The number of ether oxygens (including phenoxy) is 1. The van der Waals surface area contributed by atoms with Crippen LogP contribution < -0.4 is 10.1 Å². The molecule has 0 radical (unpaired) electrons. The van der Waals surface area contributed by atoms with E-state index in [0.717, 1.165) is 17.7 Å². The molecule has 1 aromatic heterocycles. The van der Waals surface area contributed by atoms with Gasteiger partial charge in [-0.25, -0.2) is 0 Å². The summed E-state index contributed by atoms with van der Waals surface area (Å²) < 4.78 is 44.8. The van der Waals surface area contributed by atoms with Crippen molar-refractivity contribution in [2.45, 2.75) is 25.7 Å². The van der Waals surface area contributed by atoms with Crippen molar-refractivity contribution in [1.29, 1.82) is 0 Å². The summed E-state index contributed by atoms with van der Waals surface area (Å²) in [6, 6.07) is 4.59. The Morgan fingerprint density at radius 2 is 2.17 bits per heavy atom. The van der Waals surface area contributed by atoms with E-state index in [0.29, 0.717) is 13.1 Å². The minimum atomic E-state index is -4.41. The van der Waals surface area contributed by atoms with Crippen LogP contribution in [-0.4, -0.2) is 40.7 Å². The Bertz CT molecular complexity index is 643. The number of benzene rings is 1. The first-order chi connectivity index (χ1) is 11.3. The highest BCUT2D eigenvalue weighted by Crippen LogP contribution is 2.31. The topological polar surface area (TPSA) is 59.3 Å².